The van der Waals surface area contributed by atoms with Gasteiger partial charge in [-0.2, -0.15) is 5.26 Å². The molecule has 0 heterocycles. The van der Waals surface area contributed by atoms with E-state index in [1.54, 1.807) is 14.2 Å². The average Bonchev–Trinajstić information content (AvgIpc) is 0.790. The van der Waals surface area contributed by atoms with Crippen LogP contribution in [0.3, 0.4) is 0 Å². The fraction of sp³-hybridized carbons (Fsp3) is 0.360. The lowest BCUT2D eigenvalue weighted by atomic mass is 9.71. The Labute approximate surface area is 566 Å². The zero-order valence-corrected chi connectivity index (χ0v) is 62.5. The van der Waals surface area contributed by atoms with Crippen LogP contribution in [-0.4, -0.2) is 37.6 Å². The molecular weight excluding hydrogens is 1140 g/mol. The topological polar surface area (TPSA) is 54.7 Å². The molecule has 5 nitrogen and oxygen atoms in total. The summed E-state index contributed by atoms with van der Waals surface area (Å²) in [6.07, 6.45) is 0.409. The first-order valence-electron chi connectivity index (χ1n) is 34.2. The van der Waals surface area contributed by atoms with Gasteiger partial charge in [0.15, 0.2) is 0 Å². The van der Waals surface area contributed by atoms with Crippen molar-refractivity contribution >= 4 is 8.53 Å². The van der Waals surface area contributed by atoms with Gasteiger partial charge >= 0.3 is 0 Å². The van der Waals surface area contributed by atoms with Crippen molar-refractivity contribution in [1.29, 1.82) is 5.26 Å². The predicted molar refractivity (Wildman–Crippen MR) is 409 cm³/mol. The summed E-state index contributed by atoms with van der Waals surface area (Å²) in [4.78, 5) is 0. The minimum atomic E-state index is -1.03. The van der Waals surface area contributed by atoms with Crippen molar-refractivity contribution in [3.8, 4) is 6.07 Å². The van der Waals surface area contributed by atoms with Gasteiger partial charge in [0.2, 0.25) is 0 Å². The minimum absolute atomic E-state index is 0.121. The number of nitrogens with zero attached hydrogens (tertiary/aromatic N) is 2. The standard InChI is InChI=1S/C20H18O.2C20H18.C10H21N2O2P.8C2H6/c1-21-20(17-11-5-2-6-12-17,18-13-7-3-8-14-18)19-15-9-4-10-16-19;2*1-20(17-11-5-2-6-12-17,18-13-7-3-8-14-18)19-15-9-4-10-16-19;1-9(2)12(10(3)4)15(13-5)14-8-6-7-11;8*1-2/h2-16H,1H3;2*2-16H,1H3;9-10H,6,8H2,1-5H3;8*1-2H3. The van der Waals surface area contributed by atoms with E-state index in [4.69, 9.17) is 19.0 Å². The molecule has 0 radical (unpaired) electrons. The Kier molecular flexibility index (Phi) is 54.6. The highest BCUT2D eigenvalue weighted by molar-refractivity contribution is 7.44. The number of benzene rings is 9. The number of hydrogen-bond donors (Lipinski definition) is 0. The van der Waals surface area contributed by atoms with Crippen LogP contribution >= 0.6 is 8.53 Å². The first-order valence-corrected chi connectivity index (χ1v) is 35.4. The minimum Gasteiger partial charge on any atom is -0.364 e. The maximum atomic E-state index is 8.43. The molecule has 9 rings (SSSR count). The SMILES string of the molecule is CC.CC.CC.CC.CC.CC.CC.CC.CC(c1ccccc1)(c1ccccc1)c1ccccc1.CC(c1ccccc1)(c1ccccc1)c1ccccc1.COC(c1ccccc1)(c1ccccc1)c1ccccc1.COP(OCCC#N)N(C(C)C)C(C)C. The highest BCUT2D eigenvalue weighted by Gasteiger charge is 2.36. The molecule has 0 aliphatic rings. The Balaban J connectivity index is -0.00000107. The second-order valence-corrected chi connectivity index (χ2v) is 20.7. The Morgan fingerprint density at radius 1 is 0.326 bits per heavy atom. The van der Waals surface area contributed by atoms with Gasteiger partial charge in [-0.05, 0) is 91.6 Å². The third-order valence-corrected chi connectivity index (χ3v) is 15.8. The number of nitriles is 1. The zero-order valence-electron chi connectivity index (χ0n) is 61.6. The summed E-state index contributed by atoms with van der Waals surface area (Å²) in [7, 11) is 2.39. The summed E-state index contributed by atoms with van der Waals surface area (Å²) in [6, 6.07) is 98.1. The molecule has 6 heteroatoms. The van der Waals surface area contributed by atoms with E-state index in [0.717, 1.165) is 16.7 Å². The largest absolute Gasteiger partial charge is 0.364 e. The molecule has 0 saturated carbocycles. The summed E-state index contributed by atoms with van der Waals surface area (Å²) in [6.45, 7) is 45.5. The lowest BCUT2D eigenvalue weighted by molar-refractivity contribution is 0.0585. The van der Waals surface area contributed by atoms with E-state index < -0.39 is 14.1 Å². The average molecular weight is 1260 g/mol. The first kappa shape index (κ1) is 88.9. The van der Waals surface area contributed by atoms with E-state index in [1.165, 1.54) is 33.4 Å². The van der Waals surface area contributed by atoms with Crippen LogP contribution in [-0.2, 0) is 30.2 Å². The second-order valence-electron chi connectivity index (χ2n) is 19.2. The van der Waals surface area contributed by atoms with Gasteiger partial charge in [0.25, 0.3) is 8.53 Å². The van der Waals surface area contributed by atoms with E-state index in [0.29, 0.717) is 25.1 Å². The lowest BCUT2D eigenvalue weighted by Gasteiger charge is -2.34. The molecule has 0 aliphatic heterocycles. The molecule has 1 unspecified atom stereocenters. The molecule has 9 aromatic rings. The smallest absolute Gasteiger partial charge is 0.258 e. The Morgan fingerprint density at radius 2 is 0.500 bits per heavy atom. The molecule has 0 aliphatic carbocycles. The van der Waals surface area contributed by atoms with Crippen molar-refractivity contribution in [3.05, 3.63) is 323 Å². The van der Waals surface area contributed by atoms with Crippen LogP contribution in [0.4, 0.5) is 0 Å². The van der Waals surface area contributed by atoms with Crippen LogP contribution in [0, 0.1) is 11.3 Å². The third-order valence-electron chi connectivity index (χ3n) is 13.8. The Hall–Kier alpha value is -7.26. The highest BCUT2D eigenvalue weighted by atomic mass is 31.2. The fourth-order valence-corrected chi connectivity index (χ4v) is 11.3. The maximum Gasteiger partial charge on any atom is 0.258 e. The van der Waals surface area contributed by atoms with E-state index in [1.807, 2.05) is 129 Å². The summed E-state index contributed by atoms with van der Waals surface area (Å²) in [5.74, 6) is 0. The van der Waals surface area contributed by atoms with Gasteiger partial charge in [-0.1, -0.05) is 384 Å². The van der Waals surface area contributed by atoms with Gasteiger partial charge in [0, 0.05) is 37.1 Å². The van der Waals surface area contributed by atoms with Crippen LogP contribution in [0.15, 0.2) is 273 Å². The van der Waals surface area contributed by atoms with Crippen LogP contribution in [0.5, 0.6) is 0 Å². The van der Waals surface area contributed by atoms with Crippen molar-refractivity contribution in [2.45, 2.75) is 187 Å². The van der Waals surface area contributed by atoms with Gasteiger partial charge < -0.3 is 13.8 Å². The van der Waals surface area contributed by atoms with Gasteiger partial charge in [-0.25, -0.2) is 4.67 Å². The second kappa shape index (κ2) is 56.5. The van der Waals surface area contributed by atoms with Gasteiger partial charge in [0.05, 0.1) is 19.1 Å². The van der Waals surface area contributed by atoms with Crippen LogP contribution in [0.2, 0.25) is 0 Å². The summed E-state index contributed by atoms with van der Waals surface area (Å²) in [5.41, 5.74) is 10.5. The number of rotatable bonds is 17. The van der Waals surface area contributed by atoms with Gasteiger partial charge in [-0.15, -0.1) is 0 Å². The molecule has 9 aromatic carbocycles. The lowest BCUT2D eigenvalue weighted by Crippen LogP contribution is -2.33. The van der Waals surface area contributed by atoms with E-state index in [9.17, 15) is 0 Å². The molecule has 0 N–H and O–H groups in total. The fourth-order valence-electron chi connectivity index (χ4n) is 9.86. The van der Waals surface area contributed by atoms with E-state index >= 15 is 0 Å². The summed E-state index contributed by atoms with van der Waals surface area (Å²) in [5, 5.41) is 8.43. The van der Waals surface area contributed by atoms with Crippen molar-refractivity contribution < 1.29 is 13.8 Å². The quantitative estimate of drug-likeness (QED) is 0.0517. The van der Waals surface area contributed by atoms with E-state index in [2.05, 4.69) is 307 Å². The predicted octanol–water partition coefficient (Wildman–Crippen LogP) is 25.8. The van der Waals surface area contributed by atoms with Crippen molar-refractivity contribution in [3.63, 3.8) is 0 Å². The normalized spacial score (nSPS) is 10.2. The van der Waals surface area contributed by atoms with Crippen molar-refractivity contribution in [2.24, 2.45) is 0 Å². The molecule has 0 spiro atoms. The molecular formula is C86H123N2O3P. The third kappa shape index (κ3) is 27.9. The van der Waals surface area contributed by atoms with Crippen molar-refractivity contribution in [1.82, 2.24) is 4.67 Å². The number of methoxy groups -OCH3 is 1. The van der Waals surface area contributed by atoms with Crippen molar-refractivity contribution in [2.75, 3.05) is 20.8 Å². The molecule has 1 atom stereocenters. The molecule has 0 amide bonds. The maximum absolute atomic E-state index is 8.43. The number of ether oxygens (including phenoxy) is 1. The number of hydrogen-bond acceptors (Lipinski definition) is 5. The highest BCUT2D eigenvalue weighted by Crippen LogP contribution is 2.45. The molecule has 500 valence electrons. The first-order chi connectivity index (χ1) is 45.0. The Morgan fingerprint density at radius 3 is 0.641 bits per heavy atom. The van der Waals surface area contributed by atoms with Crippen LogP contribution < -0.4 is 0 Å². The molecule has 0 fully saturated rings. The summed E-state index contributed by atoms with van der Waals surface area (Å²) >= 11 is 0. The van der Waals surface area contributed by atoms with E-state index in [-0.39, 0.29) is 10.8 Å². The zero-order chi connectivity index (χ0) is 70.1. The molecule has 92 heavy (non-hydrogen) atoms. The van der Waals surface area contributed by atoms with Gasteiger partial charge in [-0.3, -0.25) is 0 Å². The Bertz CT molecular complexity index is 2580. The monoisotopic (exact) mass is 1260 g/mol. The summed E-state index contributed by atoms with van der Waals surface area (Å²) < 4.78 is 19.2. The van der Waals surface area contributed by atoms with Crippen LogP contribution in [0.1, 0.15) is 209 Å². The molecule has 0 bridgehead atoms. The van der Waals surface area contributed by atoms with Crippen LogP contribution in [0.25, 0.3) is 0 Å². The molecule has 0 aromatic heterocycles. The molecule has 0 saturated heterocycles. The van der Waals surface area contributed by atoms with Gasteiger partial charge in [0.1, 0.15) is 5.60 Å².